The minimum atomic E-state index is -0.710. The maximum atomic E-state index is 11.8. The molecule has 0 fully saturated rings. The lowest BCUT2D eigenvalue weighted by atomic mass is 10.00. The maximum Gasteiger partial charge on any atom is 0.253 e. The Balaban J connectivity index is 2.15. The molecule has 0 aliphatic carbocycles. The van der Waals surface area contributed by atoms with Gasteiger partial charge in [0.2, 0.25) is 0 Å². The van der Waals surface area contributed by atoms with Crippen molar-refractivity contribution >= 4 is 0 Å². The van der Waals surface area contributed by atoms with E-state index in [0.29, 0.717) is 11.6 Å². The smallest absolute Gasteiger partial charge is 0.253 e. The number of rotatable bonds is 4. The highest BCUT2D eigenvalue weighted by molar-refractivity contribution is 5.26. The van der Waals surface area contributed by atoms with E-state index < -0.39 is 6.10 Å². The summed E-state index contributed by atoms with van der Waals surface area (Å²) in [5.74, 6) is 0.463. The Labute approximate surface area is 118 Å². The zero-order valence-electron chi connectivity index (χ0n) is 12.1. The van der Waals surface area contributed by atoms with Gasteiger partial charge in [-0.2, -0.15) is 0 Å². The molecule has 2 rings (SSSR count). The summed E-state index contributed by atoms with van der Waals surface area (Å²) in [6.45, 7) is 6.24. The molecule has 0 bridgehead atoms. The van der Waals surface area contributed by atoms with Gasteiger partial charge in [-0.15, -0.1) is 0 Å². The lowest BCUT2D eigenvalue weighted by molar-refractivity contribution is 0.154. The summed E-state index contributed by atoms with van der Waals surface area (Å²) >= 11 is 0. The van der Waals surface area contributed by atoms with Gasteiger partial charge in [0.1, 0.15) is 0 Å². The SMILES string of the molecule is Cc1cc(=O)n(CC(O)c2ccc(C(C)C)cc2)cn1. The van der Waals surface area contributed by atoms with Gasteiger partial charge in [-0.3, -0.25) is 9.36 Å². The Bertz CT molecular complexity index is 630. The van der Waals surface area contributed by atoms with Gasteiger partial charge in [0.05, 0.1) is 19.0 Å². The van der Waals surface area contributed by atoms with Gasteiger partial charge in [0.25, 0.3) is 5.56 Å². The summed E-state index contributed by atoms with van der Waals surface area (Å²) in [6.07, 6.45) is 0.766. The van der Waals surface area contributed by atoms with Crippen molar-refractivity contribution in [3.63, 3.8) is 0 Å². The van der Waals surface area contributed by atoms with Crippen molar-refractivity contribution in [3.05, 3.63) is 63.8 Å². The zero-order chi connectivity index (χ0) is 14.7. The average molecular weight is 272 g/mol. The molecular formula is C16H20N2O2. The van der Waals surface area contributed by atoms with E-state index in [1.807, 2.05) is 24.3 Å². The third-order valence-electron chi connectivity index (χ3n) is 3.37. The Morgan fingerprint density at radius 2 is 1.80 bits per heavy atom. The van der Waals surface area contributed by atoms with Crippen LogP contribution in [0.3, 0.4) is 0 Å². The van der Waals surface area contributed by atoms with Gasteiger partial charge in [-0.05, 0) is 24.0 Å². The van der Waals surface area contributed by atoms with Gasteiger partial charge < -0.3 is 5.11 Å². The van der Waals surface area contributed by atoms with Crippen molar-refractivity contribution in [1.29, 1.82) is 0 Å². The molecule has 1 aromatic heterocycles. The first-order valence-electron chi connectivity index (χ1n) is 6.78. The van der Waals surface area contributed by atoms with Crippen molar-refractivity contribution in [2.75, 3.05) is 0 Å². The third kappa shape index (κ3) is 3.33. The molecule has 1 N–H and O–H groups in total. The fraction of sp³-hybridized carbons (Fsp3) is 0.375. The topological polar surface area (TPSA) is 55.1 Å². The van der Waals surface area contributed by atoms with E-state index >= 15 is 0 Å². The number of benzene rings is 1. The molecule has 1 unspecified atom stereocenters. The summed E-state index contributed by atoms with van der Waals surface area (Å²) in [6, 6.07) is 9.31. The van der Waals surface area contributed by atoms with Crippen molar-refractivity contribution in [2.45, 2.75) is 39.3 Å². The number of aliphatic hydroxyl groups excluding tert-OH is 1. The van der Waals surface area contributed by atoms with Crippen LogP contribution < -0.4 is 5.56 Å². The summed E-state index contributed by atoms with van der Waals surface area (Å²) in [4.78, 5) is 15.8. The number of aryl methyl sites for hydroxylation is 1. The highest BCUT2D eigenvalue weighted by Crippen LogP contribution is 2.19. The van der Waals surface area contributed by atoms with Crippen LogP contribution in [0.15, 0.2) is 41.5 Å². The van der Waals surface area contributed by atoms with Crippen LogP contribution in [0.5, 0.6) is 0 Å². The van der Waals surface area contributed by atoms with E-state index in [2.05, 4.69) is 18.8 Å². The molecule has 1 atom stereocenters. The minimum Gasteiger partial charge on any atom is -0.387 e. The average Bonchev–Trinajstić information content (AvgIpc) is 2.42. The second-order valence-electron chi connectivity index (χ2n) is 5.36. The lowest BCUT2D eigenvalue weighted by Gasteiger charge is -2.14. The molecule has 0 saturated carbocycles. The molecule has 0 amide bonds. The van der Waals surface area contributed by atoms with Crippen LogP contribution in [0.4, 0.5) is 0 Å². The van der Waals surface area contributed by atoms with E-state index in [9.17, 15) is 9.90 Å². The van der Waals surface area contributed by atoms with E-state index in [1.54, 1.807) is 6.92 Å². The quantitative estimate of drug-likeness (QED) is 0.930. The number of aliphatic hydroxyl groups is 1. The zero-order valence-corrected chi connectivity index (χ0v) is 12.1. The largest absolute Gasteiger partial charge is 0.387 e. The molecule has 1 heterocycles. The summed E-state index contributed by atoms with van der Waals surface area (Å²) in [7, 11) is 0. The van der Waals surface area contributed by atoms with Crippen molar-refractivity contribution < 1.29 is 5.11 Å². The van der Waals surface area contributed by atoms with Crippen molar-refractivity contribution in [1.82, 2.24) is 9.55 Å². The molecule has 4 heteroatoms. The second-order valence-corrected chi connectivity index (χ2v) is 5.36. The predicted octanol–water partition coefficient (Wildman–Crippen LogP) is 2.41. The highest BCUT2D eigenvalue weighted by Gasteiger charge is 2.10. The normalized spacial score (nSPS) is 12.7. The first-order valence-corrected chi connectivity index (χ1v) is 6.78. The standard InChI is InChI=1S/C16H20N2O2/c1-11(2)13-4-6-14(7-5-13)15(19)9-18-10-17-12(3)8-16(18)20/h4-8,10-11,15,19H,9H2,1-3H3. The molecule has 106 valence electrons. The van der Waals surface area contributed by atoms with Crippen LogP contribution in [0.2, 0.25) is 0 Å². The molecule has 4 nitrogen and oxygen atoms in total. The predicted molar refractivity (Wildman–Crippen MR) is 78.7 cm³/mol. The van der Waals surface area contributed by atoms with Crippen LogP contribution >= 0.6 is 0 Å². The van der Waals surface area contributed by atoms with Crippen molar-refractivity contribution in [3.8, 4) is 0 Å². The summed E-state index contributed by atoms with van der Waals surface area (Å²) in [5.41, 5.74) is 2.58. The maximum absolute atomic E-state index is 11.8. The second kappa shape index (κ2) is 6.01. The fourth-order valence-corrected chi connectivity index (χ4v) is 2.05. The first-order chi connectivity index (χ1) is 9.47. The van der Waals surface area contributed by atoms with Crippen LogP contribution in [0.25, 0.3) is 0 Å². The van der Waals surface area contributed by atoms with Crippen LogP contribution in [0, 0.1) is 6.92 Å². The van der Waals surface area contributed by atoms with E-state index in [1.165, 1.54) is 22.5 Å². The monoisotopic (exact) mass is 272 g/mol. The molecule has 0 radical (unpaired) electrons. The Kier molecular flexibility index (Phi) is 4.35. The Hall–Kier alpha value is -1.94. The van der Waals surface area contributed by atoms with Gasteiger partial charge >= 0.3 is 0 Å². The van der Waals surface area contributed by atoms with Crippen LogP contribution in [0.1, 0.15) is 42.7 Å². The fourth-order valence-electron chi connectivity index (χ4n) is 2.05. The van der Waals surface area contributed by atoms with Gasteiger partial charge in [-0.1, -0.05) is 38.1 Å². The number of hydrogen-bond acceptors (Lipinski definition) is 3. The van der Waals surface area contributed by atoms with Gasteiger partial charge in [0, 0.05) is 11.8 Å². The number of aromatic nitrogens is 2. The summed E-state index contributed by atoms with van der Waals surface area (Å²) < 4.78 is 1.42. The third-order valence-corrected chi connectivity index (χ3v) is 3.37. The number of hydrogen-bond donors (Lipinski definition) is 1. The van der Waals surface area contributed by atoms with Gasteiger partial charge in [0.15, 0.2) is 0 Å². The minimum absolute atomic E-state index is 0.143. The van der Waals surface area contributed by atoms with Crippen molar-refractivity contribution in [2.24, 2.45) is 0 Å². The molecule has 0 aliphatic rings. The molecule has 20 heavy (non-hydrogen) atoms. The van der Waals surface area contributed by atoms with Crippen LogP contribution in [-0.4, -0.2) is 14.7 Å². The Morgan fingerprint density at radius 3 is 2.35 bits per heavy atom. The number of nitrogens with zero attached hydrogens (tertiary/aromatic N) is 2. The highest BCUT2D eigenvalue weighted by atomic mass is 16.3. The molecule has 0 aliphatic heterocycles. The van der Waals surface area contributed by atoms with E-state index in [-0.39, 0.29) is 12.1 Å². The van der Waals surface area contributed by atoms with Crippen LogP contribution in [-0.2, 0) is 6.54 Å². The molecular weight excluding hydrogens is 252 g/mol. The molecule has 2 aromatic rings. The lowest BCUT2D eigenvalue weighted by Crippen LogP contribution is -2.23. The van der Waals surface area contributed by atoms with Gasteiger partial charge in [-0.25, -0.2) is 4.98 Å². The summed E-state index contributed by atoms with van der Waals surface area (Å²) in [5, 5.41) is 10.2. The molecule has 1 aromatic carbocycles. The first kappa shape index (κ1) is 14.5. The molecule has 0 spiro atoms. The Morgan fingerprint density at radius 1 is 1.20 bits per heavy atom. The molecule has 0 saturated heterocycles. The van der Waals surface area contributed by atoms with E-state index in [4.69, 9.17) is 0 Å². The van der Waals surface area contributed by atoms with E-state index in [0.717, 1.165) is 5.56 Å².